The molecule has 1 aliphatic heterocycles. The molecule has 27 heavy (non-hydrogen) atoms. The first-order valence-corrected chi connectivity index (χ1v) is 9.02. The molecule has 2 aromatic rings. The van der Waals surface area contributed by atoms with Gasteiger partial charge in [0.15, 0.2) is 11.5 Å². The van der Waals surface area contributed by atoms with Gasteiger partial charge in [0.2, 0.25) is 0 Å². The number of pyridine rings is 1. The highest BCUT2D eigenvalue weighted by molar-refractivity contribution is 5.89. The van der Waals surface area contributed by atoms with Gasteiger partial charge >= 0.3 is 6.03 Å². The van der Waals surface area contributed by atoms with E-state index in [9.17, 15) is 4.79 Å². The number of benzene rings is 1. The number of hydrogen-bond donors (Lipinski definition) is 2. The third-order valence-corrected chi connectivity index (χ3v) is 4.47. The summed E-state index contributed by atoms with van der Waals surface area (Å²) in [4.78, 5) is 18.5. The molecule has 0 aliphatic carbocycles. The summed E-state index contributed by atoms with van der Waals surface area (Å²) >= 11 is 0. The van der Waals surface area contributed by atoms with Crippen LogP contribution in [0.3, 0.4) is 0 Å². The summed E-state index contributed by atoms with van der Waals surface area (Å²) in [6, 6.07) is 7.74. The molecule has 1 aromatic heterocycles. The van der Waals surface area contributed by atoms with Crippen molar-refractivity contribution in [1.82, 2.24) is 10.3 Å². The molecule has 2 N–H and O–H groups in total. The first-order chi connectivity index (χ1) is 13.0. The molecule has 0 saturated carbocycles. The summed E-state index contributed by atoms with van der Waals surface area (Å²) in [5, 5.41) is 5.58. The highest BCUT2D eigenvalue weighted by Crippen LogP contribution is 2.34. The van der Waals surface area contributed by atoms with Crippen molar-refractivity contribution >= 4 is 17.5 Å². The number of aromatic nitrogens is 1. The SMILES string of the molecule is COc1cc2c(cc1OC)CN(c1ccc(NC(=O)NC(C)C)cn1)CC2. The van der Waals surface area contributed by atoms with Crippen LogP contribution < -0.4 is 25.0 Å². The Morgan fingerprint density at radius 2 is 1.85 bits per heavy atom. The Balaban J connectivity index is 1.71. The Labute approximate surface area is 159 Å². The van der Waals surface area contributed by atoms with Crippen molar-refractivity contribution in [2.45, 2.75) is 32.9 Å². The lowest BCUT2D eigenvalue weighted by molar-refractivity contribution is 0.250. The predicted molar refractivity (Wildman–Crippen MR) is 106 cm³/mol. The smallest absolute Gasteiger partial charge is 0.319 e. The number of carbonyl (C=O) groups is 1. The fourth-order valence-corrected chi connectivity index (χ4v) is 3.16. The molecular weight excluding hydrogens is 344 g/mol. The number of ether oxygens (including phenoxy) is 2. The Morgan fingerprint density at radius 3 is 2.44 bits per heavy atom. The second-order valence-corrected chi connectivity index (χ2v) is 6.81. The van der Waals surface area contributed by atoms with E-state index in [-0.39, 0.29) is 12.1 Å². The van der Waals surface area contributed by atoms with Crippen molar-refractivity contribution in [3.63, 3.8) is 0 Å². The fourth-order valence-electron chi connectivity index (χ4n) is 3.16. The number of anilines is 2. The van der Waals surface area contributed by atoms with E-state index in [1.165, 1.54) is 11.1 Å². The van der Waals surface area contributed by atoms with Gasteiger partial charge in [-0.25, -0.2) is 9.78 Å². The topological polar surface area (TPSA) is 75.7 Å². The molecule has 0 saturated heterocycles. The molecule has 7 heteroatoms. The number of urea groups is 1. The molecule has 0 spiro atoms. The number of hydrogen-bond acceptors (Lipinski definition) is 5. The number of amides is 2. The summed E-state index contributed by atoms with van der Waals surface area (Å²) in [6.07, 6.45) is 2.59. The molecule has 0 fully saturated rings. The lowest BCUT2D eigenvalue weighted by atomic mass is 9.99. The van der Waals surface area contributed by atoms with E-state index in [2.05, 4.69) is 26.6 Å². The lowest BCUT2D eigenvalue weighted by Crippen LogP contribution is -2.34. The van der Waals surface area contributed by atoms with Crippen molar-refractivity contribution < 1.29 is 14.3 Å². The van der Waals surface area contributed by atoms with Crippen molar-refractivity contribution in [2.75, 3.05) is 31.0 Å². The molecule has 1 aliphatic rings. The Bertz CT molecular complexity index is 806. The summed E-state index contributed by atoms with van der Waals surface area (Å²) in [5.41, 5.74) is 3.15. The van der Waals surface area contributed by atoms with Crippen LogP contribution in [0.2, 0.25) is 0 Å². The van der Waals surface area contributed by atoms with Crippen LogP contribution >= 0.6 is 0 Å². The number of nitrogens with zero attached hydrogens (tertiary/aromatic N) is 2. The Kier molecular flexibility index (Phi) is 5.69. The van der Waals surface area contributed by atoms with E-state index < -0.39 is 0 Å². The molecule has 3 rings (SSSR count). The van der Waals surface area contributed by atoms with Crippen LogP contribution in [0, 0.1) is 0 Å². The molecule has 2 heterocycles. The van der Waals surface area contributed by atoms with E-state index in [1.807, 2.05) is 32.0 Å². The minimum atomic E-state index is -0.229. The molecule has 144 valence electrons. The van der Waals surface area contributed by atoms with Crippen molar-refractivity contribution in [3.05, 3.63) is 41.6 Å². The van der Waals surface area contributed by atoms with Crippen LogP contribution in [-0.2, 0) is 13.0 Å². The average Bonchev–Trinajstić information content (AvgIpc) is 2.66. The van der Waals surface area contributed by atoms with Gasteiger partial charge in [-0.15, -0.1) is 0 Å². The molecule has 2 amide bonds. The van der Waals surface area contributed by atoms with Crippen LogP contribution in [0.5, 0.6) is 11.5 Å². The number of fused-ring (bicyclic) bond motifs is 1. The van der Waals surface area contributed by atoms with Gasteiger partial charge in [-0.1, -0.05) is 0 Å². The third kappa shape index (κ3) is 4.42. The van der Waals surface area contributed by atoms with E-state index in [0.29, 0.717) is 5.69 Å². The van der Waals surface area contributed by atoms with Gasteiger partial charge in [0.25, 0.3) is 0 Å². The number of methoxy groups -OCH3 is 2. The second-order valence-electron chi connectivity index (χ2n) is 6.81. The third-order valence-electron chi connectivity index (χ3n) is 4.47. The molecule has 1 aromatic carbocycles. The quantitative estimate of drug-likeness (QED) is 0.845. The van der Waals surface area contributed by atoms with Gasteiger partial charge < -0.3 is 25.0 Å². The number of nitrogens with one attached hydrogen (secondary N) is 2. The maximum absolute atomic E-state index is 11.8. The van der Waals surface area contributed by atoms with Gasteiger partial charge in [0.05, 0.1) is 26.1 Å². The minimum absolute atomic E-state index is 0.0845. The Hall–Kier alpha value is -2.96. The zero-order chi connectivity index (χ0) is 19.4. The average molecular weight is 370 g/mol. The summed E-state index contributed by atoms with van der Waals surface area (Å²) in [6.45, 7) is 5.46. The highest BCUT2D eigenvalue weighted by atomic mass is 16.5. The first kappa shape index (κ1) is 18.8. The fraction of sp³-hybridized carbons (Fsp3) is 0.400. The molecule has 7 nitrogen and oxygen atoms in total. The summed E-state index contributed by atoms with van der Waals surface area (Å²) in [5.74, 6) is 2.38. The zero-order valence-corrected chi connectivity index (χ0v) is 16.2. The van der Waals surface area contributed by atoms with E-state index in [1.54, 1.807) is 20.4 Å². The monoisotopic (exact) mass is 370 g/mol. The van der Waals surface area contributed by atoms with Gasteiger partial charge in [-0.05, 0) is 55.7 Å². The largest absolute Gasteiger partial charge is 0.493 e. The lowest BCUT2D eigenvalue weighted by Gasteiger charge is -2.30. The molecule has 0 radical (unpaired) electrons. The maximum Gasteiger partial charge on any atom is 0.319 e. The van der Waals surface area contributed by atoms with Gasteiger partial charge in [-0.3, -0.25) is 0 Å². The number of carbonyl (C=O) groups excluding carboxylic acids is 1. The van der Waals surface area contributed by atoms with Crippen molar-refractivity contribution in [1.29, 1.82) is 0 Å². The predicted octanol–water partition coefficient (Wildman–Crippen LogP) is 3.19. The van der Waals surface area contributed by atoms with Gasteiger partial charge in [-0.2, -0.15) is 0 Å². The molecule has 0 bridgehead atoms. The Morgan fingerprint density at radius 1 is 1.15 bits per heavy atom. The molecule has 0 unspecified atom stereocenters. The second kappa shape index (κ2) is 8.16. The van der Waals surface area contributed by atoms with Crippen molar-refractivity contribution in [2.24, 2.45) is 0 Å². The van der Waals surface area contributed by atoms with Crippen LogP contribution in [0.1, 0.15) is 25.0 Å². The first-order valence-electron chi connectivity index (χ1n) is 9.02. The van der Waals surface area contributed by atoms with E-state index in [4.69, 9.17) is 9.47 Å². The minimum Gasteiger partial charge on any atom is -0.493 e. The normalized spacial score (nSPS) is 13.1. The van der Waals surface area contributed by atoms with Crippen LogP contribution in [-0.4, -0.2) is 37.8 Å². The van der Waals surface area contributed by atoms with Gasteiger partial charge in [0.1, 0.15) is 5.82 Å². The van der Waals surface area contributed by atoms with Crippen LogP contribution in [0.15, 0.2) is 30.5 Å². The van der Waals surface area contributed by atoms with Gasteiger partial charge in [0, 0.05) is 19.1 Å². The molecule has 0 atom stereocenters. The van der Waals surface area contributed by atoms with E-state index >= 15 is 0 Å². The standard InChI is InChI=1S/C20H26N4O3/c1-13(2)22-20(25)23-16-5-6-19(21-11-16)24-8-7-14-9-17(26-3)18(27-4)10-15(14)12-24/h5-6,9-11,13H,7-8,12H2,1-4H3,(H2,22,23,25). The number of rotatable bonds is 5. The zero-order valence-electron chi connectivity index (χ0n) is 16.2. The molecular formula is C20H26N4O3. The summed E-state index contributed by atoms with van der Waals surface area (Å²) in [7, 11) is 3.30. The van der Waals surface area contributed by atoms with Crippen LogP contribution in [0.25, 0.3) is 0 Å². The van der Waals surface area contributed by atoms with Crippen LogP contribution in [0.4, 0.5) is 16.3 Å². The highest BCUT2D eigenvalue weighted by Gasteiger charge is 2.20. The van der Waals surface area contributed by atoms with Crippen molar-refractivity contribution in [3.8, 4) is 11.5 Å². The summed E-state index contributed by atoms with van der Waals surface area (Å²) < 4.78 is 10.8. The van der Waals surface area contributed by atoms with E-state index in [0.717, 1.165) is 36.8 Å². The maximum atomic E-state index is 11.8.